The van der Waals surface area contributed by atoms with Crippen molar-refractivity contribution in [3.05, 3.63) is 0 Å². The first kappa shape index (κ1) is 11.4. The van der Waals surface area contributed by atoms with Gasteiger partial charge in [-0.3, -0.25) is 4.79 Å². The number of carbonyl (C=O) groups excluding carboxylic acids is 1. The predicted octanol–water partition coefficient (Wildman–Crippen LogP) is -0.170. The van der Waals surface area contributed by atoms with E-state index >= 15 is 0 Å². The van der Waals surface area contributed by atoms with Crippen LogP contribution >= 0.6 is 0 Å². The van der Waals surface area contributed by atoms with Crippen LogP contribution in [0, 0.1) is 0 Å². The van der Waals surface area contributed by atoms with Crippen LogP contribution in [0.5, 0.6) is 0 Å². The van der Waals surface area contributed by atoms with Gasteiger partial charge in [-0.1, -0.05) is 0 Å². The van der Waals surface area contributed by atoms with E-state index in [2.05, 4.69) is 0 Å². The zero-order valence-electron chi connectivity index (χ0n) is 7.88. The topological polar surface area (TPSA) is 55.6 Å². The fourth-order valence-corrected chi connectivity index (χ4v) is 0.896. The minimum atomic E-state index is 0.0183. The molecular weight excluding hydrogens is 156 g/mol. The lowest BCUT2D eigenvalue weighted by molar-refractivity contribution is -0.135. The van der Waals surface area contributed by atoms with Gasteiger partial charge in [0.1, 0.15) is 6.61 Å². The Hall–Kier alpha value is -0.610. The largest absolute Gasteiger partial charge is 0.372 e. The molecule has 2 N–H and O–H groups in total. The smallest absolute Gasteiger partial charge is 0.248 e. The van der Waals surface area contributed by atoms with E-state index in [-0.39, 0.29) is 12.5 Å². The average molecular weight is 174 g/mol. The van der Waals surface area contributed by atoms with Gasteiger partial charge in [0.15, 0.2) is 0 Å². The second kappa shape index (κ2) is 7.06. The molecule has 0 aliphatic rings. The molecule has 0 aromatic rings. The predicted molar refractivity (Wildman–Crippen MR) is 47.8 cm³/mol. The SMILES string of the molecule is CCOCC(=O)N(CC)CCN. The van der Waals surface area contributed by atoms with Crippen LogP contribution < -0.4 is 5.73 Å². The van der Waals surface area contributed by atoms with E-state index < -0.39 is 0 Å². The fraction of sp³-hybridized carbons (Fsp3) is 0.875. The van der Waals surface area contributed by atoms with Crippen LogP contribution in [0.1, 0.15) is 13.8 Å². The Morgan fingerprint density at radius 1 is 1.50 bits per heavy atom. The Balaban J connectivity index is 3.69. The molecule has 0 bridgehead atoms. The summed E-state index contributed by atoms with van der Waals surface area (Å²) in [6, 6.07) is 0. The van der Waals surface area contributed by atoms with Crippen molar-refractivity contribution in [1.29, 1.82) is 0 Å². The molecule has 4 nitrogen and oxygen atoms in total. The summed E-state index contributed by atoms with van der Waals surface area (Å²) in [4.78, 5) is 13.0. The van der Waals surface area contributed by atoms with Crippen molar-refractivity contribution >= 4 is 5.91 Å². The molecule has 0 unspecified atom stereocenters. The summed E-state index contributed by atoms with van der Waals surface area (Å²) in [6.45, 7) is 6.36. The summed E-state index contributed by atoms with van der Waals surface area (Å²) in [5.74, 6) is 0.0183. The summed E-state index contributed by atoms with van der Waals surface area (Å²) in [7, 11) is 0. The molecule has 1 amide bonds. The number of amides is 1. The molecule has 0 aliphatic carbocycles. The minimum Gasteiger partial charge on any atom is -0.372 e. The molecule has 0 radical (unpaired) electrons. The Morgan fingerprint density at radius 2 is 2.17 bits per heavy atom. The molecule has 12 heavy (non-hydrogen) atoms. The first-order chi connectivity index (χ1) is 5.76. The van der Waals surface area contributed by atoms with Crippen molar-refractivity contribution in [2.75, 3.05) is 32.8 Å². The van der Waals surface area contributed by atoms with Crippen LogP contribution in [0.25, 0.3) is 0 Å². The second-order valence-corrected chi connectivity index (χ2v) is 2.40. The van der Waals surface area contributed by atoms with Crippen molar-refractivity contribution < 1.29 is 9.53 Å². The number of carbonyl (C=O) groups is 1. The standard InChI is InChI=1S/C8H18N2O2/c1-3-10(6-5-9)8(11)7-12-4-2/h3-7,9H2,1-2H3. The van der Waals surface area contributed by atoms with Gasteiger partial charge in [-0.25, -0.2) is 0 Å². The van der Waals surface area contributed by atoms with Crippen LogP contribution in [0.3, 0.4) is 0 Å². The van der Waals surface area contributed by atoms with Crippen LogP contribution in [-0.2, 0) is 9.53 Å². The number of rotatable bonds is 6. The van der Waals surface area contributed by atoms with Gasteiger partial charge in [-0.2, -0.15) is 0 Å². The van der Waals surface area contributed by atoms with Gasteiger partial charge in [0.2, 0.25) is 5.91 Å². The van der Waals surface area contributed by atoms with Gasteiger partial charge >= 0.3 is 0 Å². The zero-order chi connectivity index (χ0) is 9.40. The molecule has 0 heterocycles. The summed E-state index contributed by atoms with van der Waals surface area (Å²) < 4.78 is 4.99. The van der Waals surface area contributed by atoms with E-state index in [0.29, 0.717) is 26.2 Å². The Morgan fingerprint density at radius 3 is 2.58 bits per heavy atom. The lowest BCUT2D eigenvalue weighted by atomic mass is 10.4. The Kier molecular flexibility index (Phi) is 6.70. The maximum Gasteiger partial charge on any atom is 0.248 e. The molecule has 72 valence electrons. The molecule has 0 atom stereocenters. The lowest BCUT2D eigenvalue weighted by Gasteiger charge is -2.19. The lowest BCUT2D eigenvalue weighted by Crippen LogP contribution is -2.37. The molecule has 0 aliphatic heterocycles. The molecule has 0 spiro atoms. The van der Waals surface area contributed by atoms with Crippen molar-refractivity contribution in [1.82, 2.24) is 4.90 Å². The molecule has 0 rings (SSSR count). The van der Waals surface area contributed by atoms with E-state index in [4.69, 9.17) is 10.5 Å². The first-order valence-electron chi connectivity index (χ1n) is 4.31. The van der Waals surface area contributed by atoms with Crippen molar-refractivity contribution in [3.63, 3.8) is 0 Å². The Labute approximate surface area is 73.7 Å². The molecule has 0 fully saturated rings. The summed E-state index contributed by atoms with van der Waals surface area (Å²) in [6.07, 6.45) is 0. The maximum absolute atomic E-state index is 11.3. The van der Waals surface area contributed by atoms with Crippen molar-refractivity contribution in [3.8, 4) is 0 Å². The second-order valence-electron chi connectivity index (χ2n) is 2.40. The highest BCUT2D eigenvalue weighted by Gasteiger charge is 2.09. The van der Waals surface area contributed by atoms with E-state index in [0.717, 1.165) is 0 Å². The van der Waals surface area contributed by atoms with Crippen molar-refractivity contribution in [2.45, 2.75) is 13.8 Å². The summed E-state index contributed by atoms with van der Waals surface area (Å²) in [5.41, 5.74) is 5.34. The normalized spacial score (nSPS) is 9.92. The van der Waals surface area contributed by atoms with Crippen LogP contribution in [0.4, 0.5) is 0 Å². The zero-order valence-corrected chi connectivity index (χ0v) is 7.88. The van der Waals surface area contributed by atoms with Gasteiger partial charge in [0, 0.05) is 26.2 Å². The third kappa shape index (κ3) is 4.31. The number of nitrogens with two attached hydrogens (primary N) is 1. The highest BCUT2D eigenvalue weighted by Crippen LogP contribution is 1.89. The van der Waals surface area contributed by atoms with Gasteiger partial charge in [-0.05, 0) is 13.8 Å². The molecule has 4 heteroatoms. The molecular formula is C8H18N2O2. The third-order valence-corrected chi connectivity index (χ3v) is 1.56. The minimum absolute atomic E-state index is 0.0183. The van der Waals surface area contributed by atoms with Gasteiger partial charge < -0.3 is 15.4 Å². The molecule has 0 aromatic heterocycles. The van der Waals surface area contributed by atoms with E-state index in [1.54, 1.807) is 4.90 Å². The first-order valence-corrected chi connectivity index (χ1v) is 4.31. The number of hydrogen-bond donors (Lipinski definition) is 1. The third-order valence-electron chi connectivity index (χ3n) is 1.56. The highest BCUT2D eigenvalue weighted by molar-refractivity contribution is 5.77. The van der Waals surface area contributed by atoms with Gasteiger partial charge in [0.05, 0.1) is 0 Å². The van der Waals surface area contributed by atoms with E-state index in [1.165, 1.54) is 0 Å². The highest BCUT2D eigenvalue weighted by atomic mass is 16.5. The number of nitrogens with zero attached hydrogens (tertiary/aromatic N) is 1. The number of hydrogen-bond acceptors (Lipinski definition) is 3. The van der Waals surface area contributed by atoms with Crippen LogP contribution in [0.2, 0.25) is 0 Å². The molecule has 0 saturated carbocycles. The fourth-order valence-electron chi connectivity index (χ4n) is 0.896. The number of ether oxygens (including phenoxy) is 1. The number of likely N-dealkylation sites (N-methyl/N-ethyl adjacent to an activating group) is 1. The summed E-state index contributed by atoms with van der Waals surface area (Å²) in [5, 5.41) is 0. The van der Waals surface area contributed by atoms with Crippen molar-refractivity contribution in [2.24, 2.45) is 5.73 Å². The molecule has 0 saturated heterocycles. The summed E-state index contributed by atoms with van der Waals surface area (Å²) >= 11 is 0. The monoisotopic (exact) mass is 174 g/mol. The molecule has 0 aromatic carbocycles. The average Bonchev–Trinajstić information content (AvgIpc) is 2.10. The van der Waals surface area contributed by atoms with Gasteiger partial charge in [0.25, 0.3) is 0 Å². The van der Waals surface area contributed by atoms with Gasteiger partial charge in [-0.15, -0.1) is 0 Å². The van der Waals surface area contributed by atoms with Crippen LogP contribution in [0.15, 0.2) is 0 Å². The maximum atomic E-state index is 11.3. The van der Waals surface area contributed by atoms with Crippen LogP contribution in [-0.4, -0.2) is 43.7 Å². The Bertz CT molecular complexity index is 128. The quantitative estimate of drug-likeness (QED) is 0.608. The van der Waals surface area contributed by atoms with E-state index in [9.17, 15) is 4.79 Å². The van der Waals surface area contributed by atoms with E-state index in [1.807, 2.05) is 13.8 Å².